The summed E-state index contributed by atoms with van der Waals surface area (Å²) in [7, 11) is 1.64. The second-order valence-corrected chi connectivity index (χ2v) is 4.85. The number of nitrogens with one attached hydrogen (secondary N) is 2. The minimum Gasteiger partial charge on any atom is -0.497 e. The van der Waals surface area contributed by atoms with E-state index < -0.39 is 0 Å². The quantitative estimate of drug-likeness (QED) is 0.798. The van der Waals surface area contributed by atoms with Gasteiger partial charge in [-0.15, -0.1) is 0 Å². The molecule has 0 aliphatic carbocycles. The van der Waals surface area contributed by atoms with Gasteiger partial charge in [0, 0.05) is 37.9 Å². The molecule has 110 valence electrons. The number of hydrogen-bond donors (Lipinski definition) is 2. The molecule has 1 heterocycles. The van der Waals surface area contributed by atoms with Gasteiger partial charge in [0.2, 0.25) is 5.91 Å². The summed E-state index contributed by atoms with van der Waals surface area (Å²) >= 11 is 0. The van der Waals surface area contributed by atoms with Crippen LogP contribution in [-0.4, -0.2) is 38.8 Å². The molecule has 1 aromatic carbocycles. The van der Waals surface area contributed by atoms with E-state index in [9.17, 15) is 4.79 Å². The fourth-order valence-corrected chi connectivity index (χ4v) is 2.17. The van der Waals surface area contributed by atoms with Gasteiger partial charge < -0.3 is 20.1 Å². The van der Waals surface area contributed by atoms with Gasteiger partial charge in [0.25, 0.3) is 0 Å². The van der Waals surface area contributed by atoms with E-state index in [1.54, 1.807) is 7.11 Å². The van der Waals surface area contributed by atoms with E-state index in [-0.39, 0.29) is 12.0 Å². The first-order valence-electron chi connectivity index (χ1n) is 7.04. The van der Waals surface area contributed by atoms with Crippen molar-refractivity contribution in [3.05, 3.63) is 24.3 Å². The van der Waals surface area contributed by atoms with Crippen LogP contribution in [-0.2, 0) is 9.53 Å². The van der Waals surface area contributed by atoms with Crippen molar-refractivity contribution in [1.82, 2.24) is 5.32 Å². The van der Waals surface area contributed by atoms with Crippen LogP contribution in [0.4, 0.5) is 5.69 Å². The average molecular weight is 278 g/mol. The topological polar surface area (TPSA) is 59.6 Å². The van der Waals surface area contributed by atoms with Gasteiger partial charge in [-0.3, -0.25) is 4.79 Å². The molecule has 0 aromatic heterocycles. The van der Waals surface area contributed by atoms with E-state index in [2.05, 4.69) is 10.6 Å². The Kier molecular flexibility index (Phi) is 5.68. The van der Waals surface area contributed by atoms with Crippen LogP contribution in [0.5, 0.6) is 5.75 Å². The number of benzene rings is 1. The van der Waals surface area contributed by atoms with E-state index in [0.29, 0.717) is 19.5 Å². The smallest absolute Gasteiger partial charge is 0.221 e. The summed E-state index contributed by atoms with van der Waals surface area (Å²) in [5.74, 6) is 0.855. The van der Waals surface area contributed by atoms with Gasteiger partial charge in [0.15, 0.2) is 0 Å². The molecule has 1 unspecified atom stereocenters. The minimum absolute atomic E-state index is 0.0518. The van der Waals surface area contributed by atoms with Crippen LogP contribution < -0.4 is 15.4 Å². The minimum atomic E-state index is 0.0518. The summed E-state index contributed by atoms with van der Waals surface area (Å²) in [6, 6.07) is 7.66. The van der Waals surface area contributed by atoms with Gasteiger partial charge in [0.05, 0.1) is 13.2 Å². The first kappa shape index (κ1) is 14.7. The molecule has 1 aliphatic rings. The third kappa shape index (κ3) is 4.74. The van der Waals surface area contributed by atoms with E-state index in [4.69, 9.17) is 9.47 Å². The zero-order valence-electron chi connectivity index (χ0n) is 11.9. The fraction of sp³-hybridized carbons (Fsp3) is 0.533. The number of hydrogen-bond acceptors (Lipinski definition) is 4. The van der Waals surface area contributed by atoms with Gasteiger partial charge in [-0.25, -0.2) is 0 Å². The second-order valence-electron chi connectivity index (χ2n) is 4.85. The molecule has 0 saturated carbocycles. The monoisotopic (exact) mass is 278 g/mol. The Morgan fingerprint density at radius 3 is 3.15 bits per heavy atom. The van der Waals surface area contributed by atoms with E-state index >= 15 is 0 Å². The molecule has 1 aromatic rings. The summed E-state index contributed by atoms with van der Waals surface area (Å²) < 4.78 is 10.6. The lowest BCUT2D eigenvalue weighted by molar-refractivity contribution is -0.121. The highest BCUT2D eigenvalue weighted by Crippen LogP contribution is 2.16. The molecule has 1 atom stereocenters. The van der Waals surface area contributed by atoms with Crippen molar-refractivity contribution in [2.24, 2.45) is 0 Å². The van der Waals surface area contributed by atoms with Crippen LogP contribution in [0.2, 0.25) is 0 Å². The first-order valence-corrected chi connectivity index (χ1v) is 7.04. The third-order valence-corrected chi connectivity index (χ3v) is 3.30. The van der Waals surface area contributed by atoms with Crippen LogP contribution >= 0.6 is 0 Å². The molecule has 1 aliphatic heterocycles. The van der Waals surface area contributed by atoms with Gasteiger partial charge in [-0.05, 0) is 25.0 Å². The average Bonchev–Trinajstić information content (AvgIpc) is 2.99. The van der Waals surface area contributed by atoms with Crippen molar-refractivity contribution in [1.29, 1.82) is 0 Å². The molecule has 2 rings (SSSR count). The standard InChI is InChI=1S/C15H22N2O3/c1-19-13-5-2-4-12(10-13)16-8-7-15(18)17-11-14-6-3-9-20-14/h2,4-5,10,14,16H,3,6-9,11H2,1H3,(H,17,18). The molecule has 1 fully saturated rings. The Morgan fingerprint density at radius 2 is 2.40 bits per heavy atom. The predicted molar refractivity (Wildman–Crippen MR) is 78.1 cm³/mol. The van der Waals surface area contributed by atoms with E-state index in [1.807, 2.05) is 24.3 Å². The number of ether oxygens (including phenoxy) is 2. The Bertz CT molecular complexity index is 431. The van der Waals surface area contributed by atoms with Crippen molar-refractivity contribution < 1.29 is 14.3 Å². The van der Waals surface area contributed by atoms with Crippen molar-refractivity contribution in [3.63, 3.8) is 0 Å². The highest BCUT2D eigenvalue weighted by Gasteiger charge is 2.15. The largest absolute Gasteiger partial charge is 0.497 e. The van der Waals surface area contributed by atoms with Gasteiger partial charge in [-0.1, -0.05) is 6.07 Å². The fourth-order valence-electron chi connectivity index (χ4n) is 2.17. The number of rotatable bonds is 7. The van der Waals surface area contributed by atoms with E-state index in [1.165, 1.54) is 0 Å². The summed E-state index contributed by atoms with van der Waals surface area (Å²) in [5, 5.41) is 6.11. The predicted octanol–water partition coefficient (Wildman–Crippen LogP) is 1.79. The molecule has 0 radical (unpaired) electrons. The molecular weight excluding hydrogens is 256 g/mol. The molecule has 5 heteroatoms. The maximum Gasteiger partial charge on any atom is 0.221 e. The van der Waals surface area contributed by atoms with Gasteiger partial charge in [-0.2, -0.15) is 0 Å². The highest BCUT2D eigenvalue weighted by molar-refractivity contribution is 5.76. The summed E-state index contributed by atoms with van der Waals surface area (Å²) in [6.45, 7) is 2.04. The molecule has 0 spiro atoms. The summed E-state index contributed by atoms with van der Waals surface area (Å²) in [6.07, 6.45) is 2.79. The van der Waals surface area contributed by atoms with Crippen molar-refractivity contribution in [2.45, 2.75) is 25.4 Å². The Morgan fingerprint density at radius 1 is 1.50 bits per heavy atom. The van der Waals surface area contributed by atoms with Crippen molar-refractivity contribution in [2.75, 3.05) is 32.1 Å². The lowest BCUT2D eigenvalue weighted by atomic mass is 10.2. The van der Waals surface area contributed by atoms with Gasteiger partial charge in [0.1, 0.15) is 5.75 Å². The van der Waals surface area contributed by atoms with Crippen LogP contribution in [0, 0.1) is 0 Å². The lowest BCUT2D eigenvalue weighted by Crippen LogP contribution is -2.32. The summed E-state index contributed by atoms with van der Waals surface area (Å²) in [5.41, 5.74) is 0.955. The molecule has 2 N–H and O–H groups in total. The van der Waals surface area contributed by atoms with Gasteiger partial charge >= 0.3 is 0 Å². The number of amides is 1. The Labute approximate surface area is 119 Å². The van der Waals surface area contributed by atoms with E-state index in [0.717, 1.165) is 30.9 Å². The number of carbonyl (C=O) groups excluding carboxylic acids is 1. The first-order chi connectivity index (χ1) is 9.78. The second kappa shape index (κ2) is 7.75. The maximum atomic E-state index is 11.7. The molecule has 0 bridgehead atoms. The summed E-state index contributed by atoms with van der Waals surface area (Å²) in [4.78, 5) is 11.7. The Hall–Kier alpha value is -1.75. The molecule has 1 amide bonds. The third-order valence-electron chi connectivity index (χ3n) is 3.30. The highest BCUT2D eigenvalue weighted by atomic mass is 16.5. The zero-order valence-corrected chi connectivity index (χ0v) is 11.9. The lowest BCUT2D eigenvalue weighted by Gasteiger charge is -2.11. The van der Waals surface area contributed by atoms with Crippen molar-refractivity contribution in [3.8, 4) is 5.75 Å². The van der Waals surface area contributed by atoms with Crippen molar-refractivity contribution >= 4 is 11.6 Å². The Balaban J connectivity index is 1.63. The number of anilines is 1. The van der Waals surface area contributed by atoms with Crippen LogP contribution in [0.1, 0.15) is 19.3 Å². The maximum absolute atomic E-state index is 11.7. The zero-order chi connectivity index (χ0) is 14.2. The molecule has 20 heavy (non-hydrogen) atoms. The number of methoxy groups -OCH3 is 1. The molecule has 5 nitrogen and oxygen atoms in total. The SMILES string of the molecule is COc1cccc(NCCC(=O)NCC2CCCO2)c1. The normalized spacial score (nSPS) is 17.8. The number of carbonyl (C=O) groups is 1. The molecular formula is C15H22N2O3. The molecule has 1 saturated heterocycles. The van der Waals surface area contributed by atoms with Crippen LogP contribution in [0.25, 0.3) is 0 Å². The van der Waals surface area contributed by atoms with Crippen LogP contribution in [0.3, 0.4) is 0 Å². The van der Waals surface area contributed by atoms with Crippen LogP contribution in [0.15, 0.2) is 24.3 Å².